The van der Waals surface area contributed by atoms with Gasteiger partial charge in [0.15, 0.2) is 0 Å². The SMILES string of the molecule is CN(C)c1ccc(C=CC=CC2OC3Cc4cccc(S(=O)[O-])c4N3C2(C)C)cc1. The lowest BCUT2D eigenvalue weighted by atomic mass is 9.95. The molecule has 4 rings (SSSR count). The fraction of sp³-hybridized carbons (Fsp3) is 0.333. The fourth-order valence-electron chi connectivity index (χ4n) is 4.30. The van der Waals surface area contributed by atoms with Crippen molar-refractivity contribution in [1.29, 1.82) is 0 Å². The van der Waals surface area contributed by atoms with Crippen molar-refractivity contribution in [1.82, 2.24) is 0 Å². The quantitative estimate of drug-likeness (QED) is 0.535. The number of nitrogens with zero attached hydrogens (tertiary/aromatic N) is 2. The average Bonchev–Trinajstić information content (AvgIpc) is 3.19. The number of para-hydroxylation sites is 1. The molecule has 0 bridgehead atoms. The predicted octanol–water partition coefficient (Wildman–Crippen LogP) is 4.13. The van der Waals surface area contributed by atoms with Crippen LogP contribution in [0.15, 0.2) is 65.6 Å². The molecule has 6 heteroatoms. The molecule has 1 fully saturated rings. The summed E-state index contributed by atoms with van der Waals surface area (Å²) in [4.78, 5) is 4.55. The first-order chi connectivity index (χ1) is 14.3. The van der Waals surface area contributed by atoms with E-state index in [1.165, 1.54) is 5.69 Å². The summed E-state index contributed by atoms with van der Waals surface area (Å²) in [6.07, 6.45) is 8.56. The summed E-state index contributed by atoms with van der Waals surface area (Å²) in [6, 6.07) is 13.8. The molecule has 0 amide bonds. The molecule has 0 saturated carbocycles. The van der Waals surface area contributed by atoms with E-state index in [0.717, 1.165) is 16.8 Å². The van der Waals surface area contributed by atoms with Gasteiger partial charge in [-0.3, -0.25) is 4.21 Å². The zero-order chi connectivity index (χ0) is 21.5. The maximum atomic E-state index is 11.8. The monoisotopic (exact) mass is 423 g/mol. The Labute approximate surface area is 180 Å². The number of anilines is 2. The van der Waals surface area contributed by atoms with Gasteiger partial charge in [0.1, 0.15) is 12.3 Å². The lowest BCUT2D eigenvalue weighted by Gasteiger charge is -2.35. The van der Waals surface area contributed by atoms with E-state index in [4.69, 9.17) is 4.74 Å². The highest BCUT2D eigenvalue weighted by atomic mass is 32.2. The second kappa shape index (κ2) is 8.02. The Balaban J connectivity index is 1.50. The fourth-order valence-corrected chi connectivity index (χ4v) is 4.88. The van der Waals surface area contributed by atoms with E-state index in [2.05, 4.69) is 60.1 Å². The van der Waals surface area contributed by atoms with Crippen LogP contribution in [0.25, 0.3) is 6.08 Å². The number of ether oxygens (including phenoxy) is 1. The summed E-state index contributed by atoms with van der Waals surface area (Å²) >= 11 is -2.28. The highest BCUT2D eigenvalue weighted by Crippen LogP contribution is 2.47. The second-order valence-electron chi connectivity index (χ2n) is 8.47. The molecule has 3 unspecified atom stereocenters. The molecule has 2 heterocycles. The minimum atomic E-state index is -2.28. The van der Waals surface area contributed by atoms with Gasteiger partial charge in [-0.15, -0.1) is 0 Å². The molecule has 5 nitrogen and oxygen atoms in total. The third kappa shape index (κ3) is 3.71. The van der Waals surface area contributed by atoms with Gasteiger partial charge in [-0.1, -0.05) is 48.6 Å². The number of rotatable bonds is 5. The Bertz CT molecular complexity index is 1010. The van der Waals surface area contributed by atoms with Crippen LogP contribution in [-0.4, -0.2) is 40.7 Å². The predicted molar refractivity (Wildman–Crippen MR) is 121 cm³/mol. The Morgan fingerprint density at radius 1 is 1.17 bits per heavy atom. The summed E-state index contributed by atoms with van der Waals surface area (Å²) in [6.45, 7) is 4.20. The van der Waals surface area contributed by atoms with Gasteiger partial charge in [0.2, 0.25) is 0 Å². The topological polar surface area (TPSA) is 55.8 Å². The first-order valence-electron chi connectivity index (χ1n) is 10.1. The largest absolute Gasteiger partial charge is 0.768 e. The van der Waals surface area contributed by atoms with Crippen molar-refractivity contribution >= 4 is 28.5 Å². The molecule has 3 atom stereocenters. The molecular weight excluding hydrogens is 396 g/mol. The molecular formula is C24H27N2O3S-. The number of benzene rings is 2. The molecule has 0 N–H and O–H groups in total. The Kier molecular flexibility index (Phi) is 5.57. The second-order valence-corrected chi connectivity index (χ2v) is 9.38. The maximum Gasteiger partial charge on any atom is 0.135 e. The number of fused-ring (bicyclic) bond motifs is 3. The molecule has 1 saturated heterocycles. The van der Waals surface area contributed by atoms with Gasteiger partial charge in [-0.05, 0) is 54.3 Å². The van der Waals surface area contributed by atoms with Gasteiger partial charge in [-0.25, -0.2) is 0 Å². The van der Waals surface area contributed by atoms with Gasteiger partial charge in [0.25, 0.3) is 0 Å². The third-order valence-electron chi connectivity index (χ3n) is 5.90. The Morgan fingerprint density at radius 3 is 2.57 bits per heavy atom. The van der Waals surface area contributed by atoms with Crippen LogP contribution in [-0.2, 0) is 22.2 Å². The zero-order valence-electron chi connectivity index (χ0n) is 17.7. The van der Waals surface area contributed by atoms with E-state index in [1.54, 1.807) is 12.1 Å². The molecule has 0 aromatic heterocycles. The molecule has 0 spiro atoms. The molecule has 2 aliphatic heterocycles. The zero-order valence-corrected chi connectivity index (χ0v) is 18.6. The van der Waals surface area contributed by atoms with Gasteiger partial charge in [0, 0.05) is 31.1 Å². The molecule has 30 heavy (non-hydrogen) atoms. The van der Waals surface area contributed by atoms with Crippen LogP contribution in [0.1, 0.15) is 25.0 Å². The van der Waals surface area contributed by atoms with E-state index in [9.17, 15) is 8.76 Å². The smallest absolute Gasteiger partial charge is 0.135 e. The first-order valence-corrected chi connectivity index (χ1v) is 11.1. The highest BCUT2D eigenvalue weighted by molar-refractivity contribution is 7.79. The number of hydrogen-bond donors (Lipinski definition) is 0. The van der Waals surface area contributed by atoms with Crippen molar-refractivity contribution in [2.75, 3.05) is 23.9 Å². The number of allylic oxidation sites excluding steroid dienone is 2. The summed E-state index contributed by atoms with van der Waals surface area (Å²) in [5.74, 6) is 0. The van der Waals surface area contributed by atoms with E-state index in [-0.39, 0.29) is 17.9 Å². The van der Waals surface area contributed by atoms with Crippen molar-refractivity contribution in [2.45, 2.75) is 43.0 Å². The number of hydrogen-bond acceptors (Lipinski definition) is 5. The Morgan fingerprint density at radius 2 is 1.90 bits per heavy atom. The molecule has 0 aliphatic carbocycles. The summed E-state index contributed by atoms with van der Waals surface area (Å²) < 4.78 is 29.8. The van der Waals surface area contributed by atoms with Gasteiger partial charge < -0.3 is 19.1 Å². The standard InChI is InChI=1S/C24H28N2O3S/c1-24(2)21(11-6-5-8-17-12-14-19(15-13-17)25(3)4)29-22-16-18-9-7-10-20(30(27)28)23(18)26(22)24/h5-15,21-22H,16H2,1-4H3,(H,27,28)/p-1. The minimum absolute atomic E-state index is 0.135. The van der Waals surface area contributed by atoms with Crippen LogP contribution in [0, 0.1) is 0 Å². The van der Waals surface area contributed by atoms with Crippen LogP contribution in [0.4, 0.5) is 11.4 Å². The summed E-state index contributed by atoms with van der Waals surface area (Å²) in [5.41, 5.74) is 3.76. The molecule has 2 aromatic rings. The summed E-state index contributed by atoms with van der Waals surface area (Å²) in [5, 5.41) is 0. The van der Waals surface area contributed by atoms with E-state index < -0.39 is 11.1 Å². The highest BCUT2D eigenvalue weighted by Gasteiger charge is 2.51. The minimum Gasteiger partial charge on any atom is -0.768 e. The van der Waals surface area contributed by atoms with Crippen molar-refractivity contribution in [3.05, 3.63) is 71.8 Å². The van der Waals surface area contributed by atoms with Gasteiger partial charge >= 0.3 is 0 Å². The third-order valence-corrected chi connectivity index (χ3v) is 6.59. The lowest BCUT2D eigenvalue weighted by molar-refractivity contribution is 0.0648. The lowest BCUT2D eigenvalue weighted by Crippen LogP contribution is -2.46. The van der Waals surface area contributed by atoms with Crippen LogP contribution in [0.3, 0.4) is 0 Å². The van der Waals surface area contributed by atoms with Crippen molar-refractivity contribution in [2.24, 2.45) is 0 Å². The van der Waals surface area contributed by atoms with Crippen molar-refractivity contribution < 1.29 is 13.5 Å². The molecule has 0 radical (unpaired) electrons. The molecule has 2 aromatic carbocycles. The normalized spacial score (nSPS) is 23.2. The molecule has 158 valence electrons. The van der Waals surface area contributed by atoms with Crippen LogP contribution < -0.4 is 9.80 Å². The van der Waals surface area contributed by atoms with Crippen molar-refractivity contribution in [3.63, 3.8) is 0 Å². The van der Waals surface area contributed by atoms with E-state index in [1.807, 2.05) is 32.3 Å². The summed E-state index contributed by atoms with van der Waals surface area (Å²) in [7, 11) is 4.05. The van der Waals surface area contributed by atoms with Crippen LogP contribution >= 0.6 is 0 Å². The van der Waals surface area contributed by atoms with Gasteiger partial charge in [-0.2, -0.15) is 0 Å². The van der Waals surface area contributed by atoms with Crippen molar-refractivity contribution in [3.8, 4) is 0 Å². The van der Waals surface area contributed by atoms with Crippen LogP contribution in [0.5, 0.6) is 0 Å². The van der Waals surface area contributed by atoms with E-state index in [0.29, 0.717) is 11.3 Å². The average molecular weight is 424 g/mol. The van der Waals surface area contributed by atoms with Crippen LogP contribution in [0.2, 0.25) is 0 Å². The molecule has 2 aliphatic rings. The first kappa shape index (κ1) is 20.8. The van der Waals surface area contributed by atoms with Gasteiger partial charge in [0.05, 0.1) is 11.2 Å². The Hall–Kier alpha value is -2.41. The maximum absolute atomic E-state index is 11.8. The van der Waals surface area contributed by atoms with E-state index >= 15 is 0 Å².